The molecule has 2 heterocycles. The molecule has 3 rings (SSSR count). The van der Waals surface area contributed by atoms with Crippen molar-refractivity contribution in [1.29, 1.82) is 0 Å². The van der Waals surface area contributed by atoms with Crippen molar-refractivity contribution in [3.8, 4) is 11.5 Å². The Bertz CT molecular complexity index is 892. The highest BCUT2D eigenvalue weighted by molar-refractivity contribution is 5.82. The second-order valence-corrected chi connectivity index (χ2v) is 4.54. The fourth-order valence-electron chi connectivity index (χ4n) is 2.18. The van der Waals surface area contributed by atoms with Gasteiger partial charge in [-0.15, -0.1) is 0 Å². The second-order valence-electron chi connectivity index (χ2n) is 4.54. The molecule has 0 amide bonds. The summed E-state index contributed by atoms with van der Waals surface area (Å²) >= 11 is 0. The van der Waals surface area contributed by atoms with Crippen LogP contribution < -0.4 is 11.2 Å². The van der Waals surface area contributed by atoms with Crippen LogP contribution in [0.1, 0.15) is 5.56 Å². The molecule has 0 unspecified atom stereocenters. The molecule has 0 radical (unpaired) electrons. The summed E-state index contributed by atoms with van der Waals surface area (Å²) in [4.78, 5) is 32.0. The molecule has 0 fully saturated rings. The molecule has 96 valence electrons. The summed E-state index contributed by atoms with van der Waals surface area (Å²) in [5.41, 5.74) is 1.79. The Labute approximate surface area is 108 Å². The van der Waals surface area contributed by atoms with Gasteiger partial charge in [0.2, 0.25) is 0 Å². The van der Waals surface area contributed by atoms with Crippen molar-refractivity contribution in [2.45, 2.75) is 6.92 Å². The lowest BCUT2D eigenvalue weighted by Crippen LogP contribution is -2.36. The highest BCUT2D eigenvalue weighted by Crippen LogP contribution is 2.21. The van der Waals surface area contributed by atoms with Crippen molar-refractivity contribution in [3.05, 3.63) is 44.6 Å². The first-order valence-electron chi connectivity index (χ1n) is 5.84. The number of nitrogens with zero attached hydrogens (tertiary/aromatic N) is 4. The van der Waals surface area contributed by atoms with E-state index in [0.717, 1.165) is 21.2 Å². The van der Waals surface area contributed by atoms with Crippen molar-refractivity contribution in [3.63, 3.8) is 0 Å². The van der Waals surface area contributed by atoms with E-state index in [0.29, 0.717) is 5.82 Å². The molecule has 6 nitrogen and oxygen atoms in total. The van der Waals surface area contributed by atoms with Gasteiger partial charge in [0.1, 0.15) is 0 Å². The van der Waals surface area contributed by atoms with Crippen molar-refractivity contribution in [2.24, 2.45) is 14.1 Å². The van der Waals surface area contributed by atoms with Crippen LogP contribution in [-0.4, -0.2) is 19.1 Å². The van der Waals surface area contributed by atoms with E-state index < -0.39 is 11.2 Å². The molecule has 0 aliphatic carbocycles. The third-order valence-corrected chi connectivity index (χ3v) is 3.33. The third-order valence-electron chi connectivity index (χ3n) is 3.33. The van der Waals surface area contributed by atoms with Crippen LogP contribution >= 0.6 is 0 Å². The maximum Gasteiger partial charge on any atom is 0.352 e. The topological polar surface area (TPSA) is 69.8 Å². The average Bonchev–Trinajstić information content (AvgIpc) is 2.39. The SMILES string of the molecule is Cc1cccc2c1nc1c(=O)n(C)c(=O)nc-1n2C. The van der Waals surface area contributed by atoms with E-state index in [1.165, 1.54) is 7.05 Å². The van der Waals surface area contributed by atoms with Crippen molar-refractivity contribution in [2.75, 3.05) is 0 Å². The quantitative estimate of drug-likeness (QED) is 0.547. The van der Waals surface area contributed by atoms with Crippen LogP contribution in [0.3, 0.4) is 0 Å². The lowest BCUT2D eigenvalue weighted by Gasteiger charge is -2.14. The molecule has 6 heteroatoms. The normalized spacial score (nSPS) is 11.3. The number of hydrogen-bond acceptors (Lipinski definition) is 4. The van der Waals surface area contributed by atoms with Crippen LogP contribution in [0.15, 0.2) is 27.8 Å². The third kappa shape index (κ3) is 1.49. The van der Waals surface area contributed by atoms with Gasteiger partial charge < -0.3 is 4.57 Å². The van der Waals surface area contributed by atoms with Crippen molar-refractivity contribution in [1.82, 2.24) is 19.1 Å². The molecule has 0 atom stereocenters. The molecule has 2 aliphatic rings. The molecule has 0 spiro atoms. The number of hydrogen-bond donors (Lipinski definition) is 0. The van der Waals surface area contributed by atoms with Crippen LogP contribution in [-0.2, 0) is 14.1 Å². The van der Waals surface area contributed by atoms with Crippen LogP contribution in [0.4, 0.5) is 0 Å². The lowest BCUT2D eigenvalue weighted by atomic mass is 10.2. The number of aromatic nitrogens is 4. The molecule has 19 heavy (non-hydrogen) atoms. The second kappa shape index (κ2) is 3.74. The van der Waals surface area contributed by atoms with Gasteiger partial charge in [0.25, 0.3) is 5.56 Å². The Hall–Kier alpha value is -2.50. The van der Waals surface area contributed by atoms with Crippen LogP contribution in [0.5, 0.6) is 0 Å². The van der Waals surface area contributed by atoms with E-state index in [2.05, 4.69) is 9.97 Å². The fraction of sp³-hybridized carbons (Fsp3) is 0.231. The molecular formula is C13H12N4O2. The molecule has 1 aromatic carbocycles. The largest absolute Gasteiger partial charge is 0.352 e. The van der Waals surface area contributed by atoms with Gasteiger partial charge in [-0.3, -0.25) is 9.36 Å². The summed E-state index contributed by atoms with van der Waals surface area (Å²) in [7, 11) is 3.18. The maximum absolute atomic E-state index is 12.1. The molecule has 0 saturated heterocycles. The standard InChI is InChI=1S/C13H12N4O2/c1-7-5-4-6-8-9(7)14-10-11(16(8)2)15-13(19)17(3)12(10)18/h4-6H,1-3H3. The minimum Gasteiger partial charge on any atom is -0.325 e. The molecule has 2 aliphatic heterocycles. The highest BCUT2D eigenvalue weighted by Gasteiger charge is 2.18. The van der Waals surface area contributed by atoms with Gasteiger partial charge in [-0.1, -0.05) is 12.1 Å². The van der Waals surface area contributed by atoms with Crippen molar-refractivity contribution < 1.29 is 0 Å². The van der Waals surface area contributed by atoms with Gasteiger partial charge in [-0.05, 0) is 18.6 Å². The summed E-state index contributed by atoms with van der Waals surface area (Å²) in [6, 6.07) is 5.73. The molecule has 0 bridgehead atoms. The summed E-state index contributed by atoms with van der Waals surface area (Å²) in [5, 5.41) is 0. The number of aryl methyl sites for hydroxylation is 2. The Morgan fingerprint density at radius 2 is 1.79 bits per heavy atom. The first-order valence-corrected chi connectivity index (χ1v) is 5.84. The molecule has 1 aromatic rings. The fourth-order valence-corrected chi connectivity index (χ4v) is 2.18. The minimum absolute atomic E-state index is 0.214. The summed E-state index contributed by atoms with van der Waals surface area (Å²) in [5.74, 6) is 0.311. The Morgan fingerprint density at radius 1 is 1.05 bits per heavy atom. The van der Waals surface area contributed by atoms with E-state index >= 15 is 0 Å². The predicted molar refractivity (Wildman–Crippen MR) is 71.4 cm³/mol. The zero-order valence-corrected chi connectivity index (χ0v) is 10.8. The monoisotopic (exact) mass is 256 g/mol. The molecule has 0 aromatic heterocycles. The van der Waals surface area contributed by atoms with Gasteiger partial charge in [0, 0.05) is 14.1 Å². The van der Waals surface area contributed by atoms with E-state index in [4.69, 9.17) is 0 Å². The minimum atomic E-state index is -0.568. The number of para-hydroxylation sites is 1. The van der Waals surface area contributed by atoms with Gasteiger partial charge in [0.15, 0.2) is 11.5 Å². The Balaban J connectivity index is 2.67. The average molecular weight is 256 g/mol. The number of fused-ring (bicyclic) bond motifs is 2. The van der Waals surface area contributed by atoms with Crippen molar-refractivity contribution >= 4 is 11.0 Å². The first-order chi connectivity index (χ1) is 9.00. The number of benzene rings is 1. The van der Waals surface area contributed by atoms with E-state index in [-0.39, 0.29) is 5.69 Å². The predicted octanol–water partition coefficient (Wildman–Crippen LogP) is 0.440. The van der Waals surface area contributed by atoms with Crippen LogP contribution in [0.2, 0.25) is 0 Å². The van der Waals surface area contributed by atoms with Gasteiger partial charge >= 0.3 is 5.69 Å². The zero-order valence-electron chi connectivity index (χ0n) is 10.8. The Kier molecular flexibility index (Phi) is 2.28. The molecule has 0 N–H and O–H groups in total. The Morgan fingerprint density at radius 3 is 2.53 bits per heavy atom. The van der Waals surface area contributed by atoms with E-state index in [9.17, 15) is 9.59 Å². The van der Waals surface area contributed by atoms with Gasteiger partial charge in [-0.25, -0.2) is 9.78 Å². The number of rotatable bonds is 0. The molecule has 0 saturated carbocycles. The van der Waals surface area contributed by atoms with Crippen LogP contribution in [0.25, 0.3) is 22.6 Å². The van der Waals surface area contributed by atoms with E-state index in [1.54, 1.807) is 11.6 Å². The van der Waals surface area contributed by atoms with Crippen LogP contribution in [0, 0.1) is 6.92 Å². The highest BCUT2D eigenvalue weighted by atomic mass is 16.2. The molecular weight excluding hydrogens is 244 g/mol. The van der Waals surface area contributed by atoms with E-state index in [1.807, 2.05) is 25.1 Å². The van der Waals surface area contributed by atoms with Gasteiger partial charge in [-0.2, -0.15) is 4.98 Å². The smallest absolute Gasteiger partial charge is 0.325 e. The summed E-state index contributed by atoms with van der Waals surface area (Å²) < 4.78 is 2.70. The first kappa shape index (κ1) is 11.6. The maximum atomic E-state index is 12.1. The summed E-state index contributed by atoms with van der Waals surface area (Å²) in [6.45, 7) is 1.93. The lowest BCUT2D eigenvalue weighted by molar-refractivity contribution is 0.748. The van der Waals surface area contributed by atoms with Gasteiger partial charge in [0.05, 0.1) is 11.0 Å². The zero-order chi connectivity index (χ0) is 13.7. The summed E-state index contributed by atoms with van der Waals surface area (Å²) in [6.07, 6.45) is 0.